The lowest BCUT2D eigenvalue weighted by atomic mass is 9.76. The summed E-state index contributed by atoms with van der Waals surface area (Å²) in [5.41, 5.74) is 1.72. The Morgan fingerprint density at radius 1 is 0.696 bits per heavy atom. The van der Waals surface area contributed by atoms with Crippen LogP contribution in [0, 0.1) is 23.7 Å². The van der Waals surface area contributed by atoms with Gasteiger partial charge in [0, 0.05) is 0 Å². The molecular weight excluding hydrogens is 276 g/mol. The summed E-state index contributed by atoms with van der Waals surface area (Å²) in [5, 5.41) is 0. The monoisotopic (exact) mass is 318 g/mol. The van der Waals surface area contributed by atoms with E-state index in [0.717, 1.165) is 23.7 Å². The summed E-state index contributed by atoms with van der Waals surface area (Å²) in [6.45, 7) is 7.10. The average Bonchev–Trinajstić information content (AvgIpc) is 2.57. The Kier molecular flexibility index (Phi) is 8.77. The molecule has 23 heavy (non-hydrogen) atoms. The fourth-order valence-corrected chi connectivity index (χ4v) is 5.25. The lowest BCUT2D eigenvalue weighted by Gasteiger charge is -2.29. The maximum absolute atomic E-state index is 2.61. The van der Waals surface area contributed by atoms with Crippen LogP contribution in [0.15, 0.2) is 11.6 Å². The van der Waals surface area contributed by atoms with Gasteiger partial charge in [0.1, 0.15) is 0 Å². The summed E-state index contributed by atoms with van der Waals surface area (Å²) < 4.78 is 0. The Morgan fingerprint density at radius 2 is 1.13 bits per heavy atom. The molecule has 0 amide bonds. The van der Waals surface area contributed by atoms with Crippen LogP contribution in [0.4, 0.5) is 0 Å². The second-order valence-corrected chi connectivity index (χ2v) is 8.71. The first-order valence-corrected chi connectivity index (χ1v) is 10.9. The maximum Gasteiger partial charge on any atom is -0.0206 e. The minimum absolute atomic E-state index is 0.920. The molecule has 0 unspecified atom stereocenters. The molecule has 2 fully saturated rings. The van der Waals surface area contributed by atoms with Crippen LogP contribution in [-0.4, -0.2) is 0 Å². The molecule has 0 atom stereocenters. The number of hydrogen-bond acceptors (Lipinski definition) is 0. The fourth-order valence-electron chi connectivity index (χ4n) is 5.25. The van der Waals surface area contributed by atoms with E-state index in [0.29, 0.717) is 0 Å². The van der Waals surface area contributed by atoms with E-state index in [1.807, 2.05) is 0 Å². The standard InChI is InChI=1S/C23H42/c1-4-7-20-11-13-22(14-12-20)10-6-9-19(3)23-17-15-21(8-5-2)16-18-23/h9,20-23H,4-8,10-18H2,1-3H3. The summed E-state index contributed by atoms with van der Waals surface area (Å²) in [6.07, 6.45) is 23.1. The summed E-state index contributed by atoms with van der Waals surface area (Å²) in [5.74, 6) is 4.06. The summed E-state index contributed by atoms with van der Waals surface area (Å²) in [7, 11) is 0. The first-order valence-electron chi connectivity index (χ1n) is 10.9. The minimum Gasteiger partial charge on any atom is -0.0853 e. The van der Waals surface area contributed by atoms with Gasteiger partial charge in [-0.3, -0.25) is 0 Å². The molecule has 0 bridgehead atoms. The van der Waals surface area contributed by atoms with Crippen LogP contribution in [0.5, 0.6) is 0 Å². The largest absolute Gasteiger partial charge is 0.0853 e. The lowest BCUT2D eigenvalue weighted by Crippen LogP contribution is -2.15. The van der Waals surface area contributed by atoms with Crippen molar-refractivity contribution in [2.75, 3.05) is 0 Å². The molecule has 2 aliphatic rings. The number of hydrogen-bond donors (Lipinski definition) is 0. The van der Waals surface area contributed by atoms with Crippen LogP contribution < -0.4 is 0 Å². The van der Waals surface area contributed by atoms with Crippen LogP contribution in [0.3, 0.4) is 0 Å². The molecule has 134 valence electrons. The van der Waals surface area contributed by atoms with Gasteiger partial charge in [-0.05, 0) is 69.1 Å². The molecule has 0 nitrogen and oxygen atoms in total. The summed E-state index contributed by atoms with van der Waals surface area (Å²) >= 11 is 0. The third-order valence-electron chi connectivity index (χ3n) is 6.89. The van der Waals surface area contributed by atoms with Gasteiger partial charge in [0.15, 0.2) is 0 Å². The molecule has 0 spiro atoms. The third-order valence-corrected chi connectivity index (χ3v) is 6.89. The van der Waals surface area contributed by atoms with Crippen molar-refractivity contribution >= 4 is 0 Å². The van der Waals surface area contributed by atoms with E-state index in [2.05, 4.69) is 26.8 Å². The minimum atomic E-state index is 0.920. The quantitative estimate of drug-likeness (QED) is 0.399. The van der Waals surface area contributed by atoms with Crippen molar-refractivity contribution in [2.45, 2.75) is 111 Å². The highest BCUT2D eigenvalue weighted by Crippen LogP contribution is 2.36. The highest BCUT2D eigenvalue weighted by molar-refractivity contribution is 5.04. The van der Waals surface area contributed by atoms with E-state index in [4.69, 9.17) is 0 Å². The van der Waals surface area contributed by atoms with Crippen molar-refractivity contribution in [3.63, 3.8) is 0 Å². The van der Waals surface area contributed by atoms with Gasteiger partial charge in [-0.1, -0.05) is 76.9 Å². The van der Waals surface area contributed by atoms with Crippen molar-refractivity contribution in [3.05, 3.63) is 11.6 Å². The van der Waals surface area contributed by atoms with Crippen LogP contribution in [0.2, 0.25) is 0 Å². The van der Waals surface area contributed by atoms with Gasteiger partial charge in [-0.25, -0.2) is 0 Å². The van der Waals surface area contributed by atoms with Crippen LogP contribution >= 0.6 is 0 Å². The van der Waals surface area contributed by atoms with Crippen molar-refractivity contribution in [3.8, 4) is 0 Å². The molecule has 2 aliphatic carbocycles. The Bertz CT molecular complexity index is 324. The van der Waals surface area contributed by atoms with Gasteiger partial charge >= 0.3 is 0 Å². The Hall–Kier alpha value is -0.260. The van der Waals surface area contributed by atoms with E-state index in [9.17, 15) is 0 Å². The normalized spacial score (nSPS) is 32.9. The van der Waals surface area contributed by atoms with E-state index >= 15 is 0 Å². The number of rotatable bonds is 8. The molecular formula is C23H42. The van der Waals surface area contributed by atoms with Crippen molar-refractivity contribution in [2.24, 2.45) is 23.7 Å². The van der Waals surface area contributed by atoms with Crippen molar-refractivity contribution in [1.82, 2.24) is 0 Å². The van der Waals surface area contributed by atoms with E-state index in [1.54, 1.807) is 5.57 Å². The van der Waals surface area contributed by atoms with Gasteiger partial charge in [-0.15, -0.1) is 0 Å². The zero-order chi connectivity index (χ0) is 16.5. The number of allylic oxidation sites excluding steroid dienone is 2. The smallest absolute Gasteiger partial charge is 0.0206 e. The molecule has 2 rings (SSSR count). The zero-order valence-corrected chi connectivity index (χ0v) is 16.3. The van der Waals surface area contributed by atoms with Crippen LogP contribution in [-0.2, 0) is 0 Å². The van der Waals surface area contributed by atoms with Crippen LogP contribution in [0.1, 0.15) is 111 Å². The summed E-state index contributed by atoms with van der Waals surface area (Å²) in [4.78, 5) is 0. The molecule has 2 saturated carbocycles. The van der Waals surface area contributed by atoms with E-state index in [-0.39, 0.29) is 0 Å². The SMILES string of the molecule is CCCC1CCC(CCC=C(C)C2CCC(CCC)CC2)CC1. The third kappa shape index (κ3) is 6.63. The summed E-state index contributed by atoms with van der Waals surface area (Å²) in [6, 6.07) is 0. The Labute approximate surface area is 146 Å². The van der Waals surface area contributed by atoms with E-state index in [1.165, 1.54) is 89.9 Å². The topological polar surface area (TPSA) is 0 Å². The first kappa shape index (κ1) is 19.1. The molecule has 0 radical (unpaired) electrons. The molecule has 0 aromatic carbocycles. The van der Waals surface area contributed by atoms with Gasteiger partial charge in [-0.2, -0.15) is 0 Å². The van der Waals surface area contributed by atoms with Gasteiger partial charge < -0.3 is 0 Å². The van der Waals surface area contributed by atoms with Crippen molar-refractivity contribution in [1.29, 1.82) is 0 Å². The van der Waals surface area contributed by atoms with E-state index < -0.39 is 0 Å². The maximum atomic E-state index is 2.61. The molecule has 0 N–H and O–H groups in total. The average molecular weight is 319 g/mol. The Balaban J connectivity index is 1.62. The first-order chi connectivity index (χ1) is 11.2. The molecule has 0 aliphatic heterocycles. The molecule has 0 aromatic rings. The van der Waals surface area contributed by atoms with Gasteiger partial charge in [0.2, 0.25) is 0 Å². The zero-order valence-electron chi connectivity index (χ0n) is 16.3. The van der Waals surface area contributed by atoms with Gasteiger partial charge in [0.25, 0.3) is 0 Å². The second-order valence-electron chi connectivity index (χ2n) is 8.71. The highest BCUT2D eigenvalue weighted by atomic mass is 14.3. The molecule has 0 saturated heterocycles. The molecule has 0 heterocycles. The fraction of sp³-hybridized carbons (Fsp3) is 0.913. The predicted octanol–water partition coefficient (Wildman–Crippen LogP) is 7.93. The Morgan fingerprint density at radius 3 is 1.61 bits per heavy atom. The molecule has 0 heteroatoms. The highest BCUT2D eigenvalue weighted by Gasteiger charge is 2.22. The van der Waals surface area contributed by atoms with Crippen LogP contribution in [0.25, 0.3) is 0 Å². The predicted molar refractivity (Wildman–Crippen MR) is 104 cm³/mol. The van der Waals surface area contributed by atoms with Gasteiger partial charge in [0.05, 0.1) is 0 Å². The second kappa shape index (κ2) is 10.6. The lowest BCUT2D eigenvalue weighted by molar-refractivity contribution is 0.252. The molecule has 0 aromatic heterocycles. The van der Waals surface area contributed by atoms with Crippen molar-refractivity contribution < 1.29 is 0 Å².